The summed E-state index contributed by atoms with van der Waals surface area (Å²) in [4.78, 5) is 18.3. The zero-order valence-electron chi connectivity index (χ0n) is 14.5. The molecule has 0 spiro atoms. The molecule has 25 heavy (non-hydrogen) atoms. The molecular formula is C19H23N3O3. The number of hydrogen-bond acceptors (Lipinski definition) is 5. The second-order valence-electron chi connectivity index (χ2n) is 6.75. The number of amides is 1. The monoisotopic (exact) mass is 341 g/mol. The molecule has 132 valence electrons. The van der Waals surface area contributed by atoms with Gasteiger partial charge in [-0.3, -0.25) is 4.79 Å². The number of anilines is 1. The van der Waals surface area contributed by atoms with E-state index in [0.717, 1.165) is 49.9 Å². The van der Waals surface area contributed by atoms with Gasteiger partial charge >= 0.3 is 0 Å². The first kappa shape index (κ1) is 16.3. The van der Waals surface area contributed by atoms with Gasteiger partial charge in [-0.25, -0.2) is 0 Å². The van der Waals surface area contributed by atoms with Gasteiger partial charge in [-0.2, -0.15) is 4.98 Å². The minimum absolute atomic E-state index is 0.189. The van der Waals surface area contributed by atoms with E-state index in [1.54, 1.807) is 0 Å². The topological polar surface area (TPSA) is 68.5 Å². The van der Waals surface area contributed by atoms with Crippen molar-refractivity contribution in [1.82, 2.24) is 10.1 Å². The molecule has 1 aliphatic carbocycles. The molecule has 0 unspecified atom stereocenters. The number of aromatic nitrogens is 2. The van der Waals surface area contributed by atoms with Gasteiger partial charge in [0.05, 0.1) is 0 Å². The lowest BCUT2D eigenvalue weighted by Gasteiger charge is -2.24. The van der Waals surface area contributed by atoms with E-state index in [9.17, 15) is 4.79 Å². The van der Waals surface area contributed by atoms with E-state index in [1.165, 1.54) is 0 Å². The molecule has 1 aliphatic heterocycles. The highest BCUT2D eigenvalue weighted by atomic mass is 16.5. The highest BCUT2D eigenvalue weighted by molar-refractivity contribution is 5.95. The summed E-state index contributed by atoms with van der Waals surface area (Å²) >= 11 is 0. The number of carbonyl (C=O) groups is 1. The summed E-state index contributed by atoms with van der Waals surface area (Å²) in [6.07, 6.45) is 5.66. The molecule has 1 saturated carbocycles. The Morgan fingerprint density at radius 1 is 1.20 bits per heavy atom. The Morgan fingerprint density at radius 3 is 2.60 bits per heavy atom. The van der Waals surface area contributed by atoms with Crippen molar-refractivity contribution in [1.29, 1.82) is 0 Å². The standard InChI is InChI=1S/C19H23N3O3/c1-2-24-19(11-3-4-12-19)18-20-17(21-25-18)14-7-9-15(10-8-14)22-13-5-6-16(22)23/h7-10H,2-6,11-13H2,1H3. The molecule has 6 heteroatoms. The lowest BCUT2D eigenvalue weighted by atomic mass is 10.0. The van der Waals surface area contributed by atoms with Gasteiger partial charge in [0.15, 0.2) is 0 Å². The van der Waals surface area contributed by atoms with Gasteiger partial charge in [0, 0.05) is 30.8 Å². The summed E-state index contributed by atoms with van der Waals surface area (Å²) in [5, 5.41) is 4.15. The predicted molar refractivity (Wildman–Crippen MR) is 93.1 cm³/mol. The van der Waals surface area contributed by atoms with Crippen LogP contribution in [0.25, 0.3) is 11.4 Å². The van der Waals surface area contributed by atoms with Crippen molar-refractivity contribution in [2.45, 2.75) is 51.0 Å². The van der Waals surface area contributed by atoms with Crippen molar-refractivity contribution in [2.75, 3.05) is 18.1 Å². The Bertz CT molecular complexity index is 748. The fourth-order valence-corrected chi connectivity index (χ4v) is 3.88. The normalized spacial score (nSPS) is 19.7. The predicted octanol–water partition coefficient (Wildman–Crippen LogP) is 3.67. The number of ether oxygens (including phenoxy) is 1. The maximum atomic E-state index is 11.8. The Hall–Kier alpha value is -2.21. The molecule has 2 aromatic rings. The van der Waals surface area contributed by atoms with Gasteiger partial charge in [0.1, 0.15) is 5.60 Å². The summed E-state index contributed by atoms with van der Waals surface area (Å²) < 4.78 is 11.5. The average molecular weight is 341 g/mol. The minimum Gasteiger partial charge on any atom is -0.365 e. The van der Waals surface area contributed by atoms with Crippen molar-refractivity contribution < 1.29 is 14.1 Å². The Labute approximate surface area is 147 Å². The number of hydrogen-bond donors (Lipinski definition) is 0. The third kappa shape index (κ3) is 2.95. The molecule has 2 fully saturated rings. The van der Waals surface area contributed by atoms with Crippen LogP contribution < -0.4 is 4.90 Å². The summed E-state index contributed by atoms with van der Waals surface area (Å²) in [5.41, 5.74) is 1.40. The fraction of sp³-hybridized carbons (Fsp3) is 0.526. The lowest BCUT2D eigenvalue weighted by molar-refractivity contribution is -0.117. The quantitative estimate of drug-likeness (QED) is 0.830. The first-order valence-electron chi connectivity index (χ1n) is 9.11. The van der Waals surface area contributed by atoms with Gasteiger partial charge in [0.25, 0.3) is 5.89 Å². The van der Waals surface area contributed by atoms with E-state index >= 15 is 0 Å². The summed E-state index contributed by atoms with van der Waals surface area (Å²) in [5.74, 6) is 1.34. The molecule has 4 rings (SSSR count). The van der Waals surface area contributed by atoms with Crippen molar-refractivity contribution in [3.63, 3.8) is 0 Å². The molecule has 0 radical (unpaired) electrons. The van der Waals surface area contributed by atoms with E-state index in [1.807, 2.05) is 36.1 Å². The van der Waals surface area contributed by atoms with E-state index in [0.29, 0.717) is 24.7 Å². The van der Waals surface area contributed by atoms with Gasteiger partial charge < -0.3 is 14.2 Å². The smallest absolute Gasteiger partial charge is 0.259 e. The third-order valence-corrected chi connectivity index (χ3v) is 5.16. The SMILES string of the molecule is CCOC1(c2nc(-c3ccc(N4CCCC4=O)cc3)no2)CCCC1. The molecule has 1 amide bonds. The van der Waals surface area contributed by atoms with Crippen LogP contribution in [0.5, 0.6) is 0 Å². The van der Waals surface area contributed by atoms with Gasteiger partial charge in [-0.15, -0.1) is 0 Å². The first-order valence-corrected chi connectivity index (χ1v) is 9.11. The van der Waals surface area contributed by atoms with Gasteiger partial charge in [-0.1, -0.05) is 5.16 Å². The second-order valence-corrected chi connectivity index (χ2v) is 6.75. The van der Waals surface area contributed by atoms with Crippen molar-refractivity contribution in [2.24, 2.45) is 0 Å². The third-order valence-electron chi connectivity index (χ3n) is 5.16. The second kappa shape index (κ2) is 6.59. The molecule has 0 atom stereocenters. The van der Waals surface area contributed by atoms with Crippen molar-refractivity contribution in [3.05, 3.63) is 30.2 Å². The highest BCUT2D eigenvalue weighted by Gasteiger charge is 2.41. The van der Waals surface area contributed by atoms with E-state index < -0.39 is 5.60 Å². The zero-order chi connectivity index (χ0) is 17.3. The molecule has 2 aliphatic rings. The van der Waals surface area contributed by atoms with Crippen LogP contribution in [-0.2, 0) is 15.1 Å². The number of carbonyl (C=O) groups excluding carboxylic acids is 1. The van der Waals surface area contributed by atoms with Gasteiger partial charge in [0.2, 0.25) is 11.7 Å². The maximum absolute atomic E-state index is 11.8. The Balaban J connectivity index is 1.56. The number of rotatable bonds is 5. The van der Waals surface area contributed by atoms with Crippen LogP contribution in [0.2, 0.25) is 0 Å². The summed E-state index contributed by atoms with van der Waals surface area (Å²) in [6, 6.07) is 7.78. The number of nitrogens with zero attached hydrogens (tertiary/aromatic N) is 3. The minimum atomic E-state index is -0.415. The van der Waals surface area contributed by atoms with Gasteiger partial charge in [-0.05, 0) is 63.3 Å². The van der Waals surface area contributed by atoms with Crippen LogP contribution in [0.4, 0.5) is 5.69 Å². The van der Waals surface area contributed by atoms with Crippen molar-refractivity contribution in [3.8, 4) is 11.4 Å². The van der Waals surface area contributed by atoms with Crippen LogP contribution in [0, 0.1) is 0 Å². The summed E-state index contributed by atoms with van der Waals surface area (Å²) in [6.45, 7) is 3.42. The van der Waals surface area contributed by atoms with Crippen molar-refractivity contribution >= 4 is 11.6 Å². The lowest BCUT2D eigenvalue weighted by Crippen LogP contribution is -2.26. The molecule has 1 saturated heterocycles. The van der Waals surface area contributed by atoms with Crippen LogP contribution in [-0.4, -0.2) is 29.2 Å². The van der Waals surface area contributed by atoms with Crippen LogP contribution in [0.15, 0.2) is 28.8 Å². The van der Waals surface area contributed by atoms with Crippen LogP contribution in [0.3, 0.4) is 0 Å². The molecular weight excluding hydrogens is 318 g/mol. The maximum Gasteiger partial charge on any atom is 0.259 e. The fourth-order valence-electron chi connectivity index (χ4n) is 3.88. The zero-order valence-corrected chi connectivity index (χ0v) is 14.5. The summed E-state index contributed by atoms with van der Waals surface area (Å²) in [7, 11) is 0. The Kier molecular flexibility index (Phi) is 4.29. The average Bonchev–Trinajstić information content (AvgIpc) is 3.36. The first-order chi connectivity index (χ1) is 12.2. The van der Waals surface area contributed by atoms with E-state index in [4.69, 9.17) is 9.26 Å². The van der Waals surface area contributed by atoms with E-state index in [-0.39, 0.29) is 5.91 Å². The molecule has 0 bridgehead atoms. The van der Waals surface area contributed by atoms with Crippen LogP contribution in [0.1, 0.15) is 51.3 Å². The molecule has 0 N–H and O–H groups in total. The number of benzene rings is 1. The molecule has 2 heterocycles. The largest absolute Gasteiger partial charge is 0.365 e. The highest BCUT2D eigenvalue weighted by Crippen LogP contribution is 2.41. The Morgan fingerprint density at radius 2 is 1.96 bits per heavy atom. The van der Waals surface area contributed by atoms with E-state index in [2.05, 4.69) is 10.1 Å². The molecule has 6 nitrogen and oxygen atoms in total. The molecule has 1 aromatic carbocycles. The molecule has 1 aromatic heterocycles. The van der Waals surface area contributed by atoms with Crippen LogP contribution >= 0.6 is 0 Å².